The SMILES string of the molecule is COCCNc1ncnc2c1CNCC2. The van der Waals surface area contributed by atoms with Crippen LogP contribution in [0.4, 0.5) is 5.82 Å². The molecule has 5 nitrogen and oxygen atoms in total. The zero-order valence-corrected chi connectivity index (χ0v) is 8.92. The molecule has 0 atom stereocenters. The highest BCUT2D eigenvalue weighted by Crippen LogP contribution is 2.17. The van der Waals surface area contributed by atoms with Crippen LogP contribution >= 0.6 is 0 Å². The molecule has 0 saturated heterocycles. The predicted molar refractivity (Wildman–Crippen MR) is 57.8 cm³/mol. The number of nitrogens with one attached hydrogen (secondary N) is 2. The highest BCUT2D eigenvalue weighted by atomic mass is 16.5. The van der Waals surface area contributed by atoms with Crippen molar-refractivity contribution < 1.29 is 4.74 Å². The monoisotopic (exact) mass is 208 g/mol. The van der Waals surface area contributed by atoms with Crippen molar-refractivity contribution in [3.05, 3.63) is 17.6 Å². The maximum absolute atomic E-state index is 4.99. The summed E-state index contributed by atoms with van der Waals surface area (Å²) in [7, 11) is 1.69. The van der Waals surface area contributed by atoms with E-state index in [0.29, 0.717) is 6.61 Å². The quantitative estimate of drug-likeness (QED) is 0.691. The molecule has 0 aromatic carbocycles. The molecule has 5 heteroatoms. The van der Waals surface area contributed by atoms with Crippen LogP contribution in [0.2, 0.25) is 0 Å². The number of ether oxygens (including phenoxy) is 1. The summed E-state index contributed by atoms with van der Waals surface area (Å²) in [5, 5.41) is 6.58. The fourth-order valence-electron chi connectivity index (χ4n) is 1.69. The van der Waals surface area contributed by atoms with Gasteiger partial charge in [0, 0.05) is 38.7 Å². The van der Waals surface area contributed by atoms with Crippen LogP contribution in [0.5, 0.6) is 0 Å². The first kappa shape index (κ1) is 10.3. The molecule has 0 amide bonds. The van der Waals surface area contributed by atoms with Gasteiger partial charge in [0.15, 0.2) is 0 Å². The number of nitrogens with zero attached hydrogens (tertiary/aromatic N) is 2. The van der Waals surface area contributed by atoms with Crippen LogP contribution in [0.15, 0.2) is 6.33 Å². The molecule has 1 aliphatic heterocycles. The van der Waals surface area contributed by atoms with Gasteiger partial charge in [-0.2, -0.15) is 0 Å². The third-order valence-corrected chi connectivity index (χ3v) is 2.47. The Balaban J connectivity index is 2.09. The van der Waals surface area contributed by atoms with Gasteiger partial charge in [-0.1, -0.05) is 0 Å². The molecule has 0 fully saturated rings. The Morgan fingerprint density at radius 2 is 2.47 bits per heavy atom. The van der Waals surface area contributed by atoms with Gasteiger partial charge in [0.1, 0.15) is 12.1 Å². The Kier molecular flexibility index (Phi) is 3.47. The van der Waals surface area contributed by atoms with Gasteiger partial charge in [0.2, 0.25) is 0 Å². The fourth-order valence-corrected chi connectivity index (χ4v) is 1.69. The van der Waals surface area contributed by atoms with Crippen LogP contribution in [0.3, 0.4) is 0 Å². The summed E-state index contributed by atoms with van der Waals surface area (Å²) in [5.74, 6) is 0.934. The third-order valence-electron chi connectivity index (χ3n) is 2.47. The average molecular weight is 208 g/mol. The first-order valence-electron chi connectivity index (χ1n) is 5.18. The van der Waals surface area contributed by atoms with Crippen molar-refractivity contribution in [2.24, 2.45) is 0 Å². The van der Waals surface area contributed by atoms with Crippen molar-refractivity contribution in [1.82, 2.24) is 15.3 Å². The Morgan fingerprint density at radius 3 is 3.33 bits per heavy atom. The number of aromatic nitrogens is 2. The number of fused-ring (bicyclic) bond motifs is 1. The van der Waals surface area contributed by atoms with Gasteiger partial charge in [-0.05, 0) is 0 Å². The zero-order valence-electron chi connectivity index (χ0n) is 8.92. The van der Waals surface area contributed by atoms with E-state index in [4.69, 9.17) is 4.74 Å². The van der Waals surface area contributed by atoms with E-state index >= 15 is 0 Å². The molecule has 2 heterocycles. The molecule has 0 radical (unpaired) electrons. The number of rotatable bonds is 4. The summed E-state index contributed by atoms with van der Waals surface area (Å²) in [6.07, 6.45) is 2.61. The Labute approximate surface area is 89.3 Å². The normalized spacial score (nSPS) is 14.7. The highest BCUT2D eigenvalue weighted by molar-refractivity contribution is 5.46. The molecule has 2 N–H and O–H groups in total. The average Bonchev–Trinajstić information content (AvgIpc) is 2.30. The van der Waals surface area contributed by atoms with E-state index in [9.17, 15) is 0 Å². The van der Waals surface area contributed by atoms with Gasteiger partial charge in [-0.15, -0.1) is 0 Å². The number of hydrogen-bond acceptors (Lipinski definition) is 5. The van der Waals surface area contributed by atoms with Crippen molar-refractivity contribution >= 4 is 5.82 Å². The fraction of sp³-hybridized carbons (Fsp3) is 0.600. The summed E-state index contributed by atoms with van der Waals surface area (Å²) in [6, 6.07) is 0. The first-order chi connectivity index (χ1) is 7.42. The predicted octanol–water partition coefficient (Wildman–Crippen LogP) is 0.181. The Bertz CT molecular complexity index is 329. The summed E-state index contributed by atoms with van der Waals surface area (Å²) < 4.78 is 4.99. The van der Waals surface area contributed by atoms with Crippen molar-refractivity contribution in [3.63, 3.8) is 0 Å². The second-order valence-corrected chi connectivity index (χ2v) is 3.49. The van der Waals surface area contributed by atoms with Crippen molar-refractivity contribution in [3.8, 4) is 0 Å². The lowest BCUT2D eigenvalue weighted by molar-refractivity contribution is 0.210. The lowest BCUT2D eigenvalue weighted by Crippen LogP contribution is -2.26. The molecule has 15 heavy (non-hydrogen) atoms. The molecule has 0 saturated carbocycles. The summed E-state index contributed by atoms with van der Waals surface area (Å²) in [4.78, 5) is 8.53. The minimum atomic E-state index is 0.687. The first-order valence-corrected chi connectivity index (χ1v) is 5.18. The van der Waals surface area contributed by atoms with Gasteiger partial charge in [0.05, 0.1) is 12.3 Å². The molecule has 1 aromatic rings. The molecule has 0 aliphatic carbocycles. The molecule has 0 unspecified atom stereocenters. The van der Waals surface area contributed by atoms with Gasteiger partial charge in [0.25, 0.3) is 0 Å². The maximum atomic E-state index is 4.99. The van der Waals surface area contributed by atoms with Crippen LogP contribution in [-0.2, 0) is 17.7 Å². The van der Waals surface area contributed by atoms with Crippen molar-refractivity contribution in [2.75, 3.05) is 32.1 Å². The van der Waals surface area contributed by atoms with Crippen LogP contribution in [0, 0.1) is 0 Å². The van der Waals surface area contributed by atoms with Gasteiger partial charge < -0.3 is 15.4 Å². The highest BCUT2D eigenvalue weighted by Gasteiger charge is 2.14. The molecule has 1 aromatic heterocycles. The second kappa shape index (κ2) is 5.04. The van der Waals surface area contributed by atoms with E-state index in [2.05, 4.69) is 20.6 Å². The van der Waals surface area contributed by atoms with Gasteiger partial charge >= 0.3 is 0 Å². The number of methoxy groups -OCH3 is 1. The molecule has 82 valence electrons. The Morgan fingerprint density at radius 1 is 1.53 bits per heavy atom. The lowest BCUT2D eigenvalue weighted by Gasteiger charge is -2.18. The molecular weight excluding hydrogens is 192 g/mol. The zero-order chi connectivity index (χ0) is 10.5. The van der Waals surface area contributed by atoms with Crippen LogP contribution in [0.25, 0.3) is 0 Å². The van der Waals surface area contributed by atoms with Gasteiger partial charge in [-0.25, -0.2) is 9.97 Å². The second-order valence-electron chi connectivity index (χ2n) is 3.49. The summed E-state index contributed by atoms with van der Waals surface area (Å²) in [5.41, 5.74) is 2.35. The smallest absolute Gasteiger partial charge is 0.134 e. The topological polar surface area (TPSA) is 59.1 Å². The maximum Gasteiger partial charge on any atom is 0.134 e. The van der Waals surface area contributed by atoms with E-state index in [-0.39, 0.29) is 0 Å². The molecule has 0 bridgehead atoms. The molecular formula is C10H16N4O. The minimum absolute atomic E-state index is 0.687. The Hall–Kier alpha value is -1.20. The van der Waals surface area contributed by atoms with Crippen LogP contribution < -0.4 is 10.6 Å². The molecule has 1 aliphatic rings. The minimum Gasteiger partial charge on any atom is -0.383 e. The van der Waals surface area contributed by atoms with Crippen molar-refractivity contribution in [1.29, 1.82) is 0 Å². The van der Waals surface area contributed by atoms with E-state index < -0.39 is 0 Å². The van der Waals surface area contributed by atoms with Gasteiger partial charge in [-0.3, -0.25) is 0 Å². The largest absolute Gasteiger partial charge is 0.383 e. The summed E-state index contributed by atoms with van der Waals surface area (Å²) >= 11 is 0. The van der Waals surface area contributed by atoms with Crippen molar-refractivity contribution in [2.45, 2.75) is 13.0 Å². The summed E-state index contributed by atoms with van der Waals surface area (Å²) in [6.45, 7) is 3.32. The van der Waals surface area contributed by atoms with E-state index in [1.807, 2.05) is 0 Å². The van der Waals surface area contributed by atoms with E-state index in [0.717, 1.165) is 37.6 Å². The third kappa shape index (κ3) is 2.43. The van der Waals surface area contributed by atoms with Crippen LogP contribution in [0.1, 0.15) is 11.3 Å². The number of hydrogen-bond donors (Lipinski definition) is 2. The van der Waals surface area contributed by atoms with E-state index in [1.54, 1.807) is 13.4 Å². The molecule has 0 spiro atoms. The van der Waals surface area contributed by atoms with Crippen LogP contribution in [-0.4, -0.2) is 36.8 Å². The van der Waals surface area contributed by atoms with E-state index in [1.165, 1.54) is 5.56 Å². The lowest BCUT2D eigenvalue weighted by atomic mass is 10.1. The standard InChI is InChI=1S/C10H16N4O/c1-15-5-4-12-10-8-6-11-3-2-9(8)13-7-14-10/h7,11H,2-6H2,1H3,(H,12,13,14). The number of anilines is 1. The molecule has 2 rings (SSSR count).